The van der Waals surface area contributed by atoms with Crippen LogP contribution in [0.15, 0.2) is 128 Å². The molecule has 28 heteroatoms. The molecule has 0 spiro atoms. The van der Waals surface area contributed by atoms with E-state index in [1.807, 2.05) is 24.3 Å². The number of nitrogens with two attached hydrogens (primary N) is 3. The zero-order valence-corrected chi connectivity index (χ0v) is 51.8. The second-order valence-electron chi connectivity index (χ2n) is 17.0. The number of benzene rings is 5. The Morgan fingerprint density at radius 1 is 0.512 bits per heavy atom. The molecule has 0 saturated heterocycles. The lowest BCUT2D eigenvalue weighted by atomic mass is 10.1. The number of thioether (sulfide) groups is 4. The number of amidine groups is 4. The molecule has 440 valence electrons. The van der Waals surface area contributed by atoms with Gasteiger partial charge in [-0.25, -0.2) is 9.98 Å². The Bertz CT molecular complexity index is 2760. The lowest BCUT2D eigenvalue weighted by molar-refractivity contribution is -0.138. The van der Waals surface area contributed by atoms with Crippen LogP contribution in [0.2, 0.25) is 0 Å². The normalized spacial score (nSPS) is 13.7. The molecule has 0 unspecified atom stereocenters. The number of nitrogens with zero attached hydrogens (tertiary/aromatic N) is 4. The molecule has 5 aromatic rings. The van der Waals surface area contributed by atoms with Crippen molar-refractivity contribution >= 4 is 134 Å². The van der Waals surface area contributed by atoms with Gasteiger partial charge in [-0.1, -0.05) is 135 Å². The Morgan fingerprint density at radius 2 is 0.838 bits per heavy atom. The summed E-state index contributed by atoms with van der Waals surface area (Å²) >= 11 is 12.8. The smallest absolute Gasteiger partial charge is 0.379 e. The summed E-state index contributed by atoms with van der Waals surface area (Å²) in [7, 11) is 0. The van der Waals surface area contributed by atoms with Gasteiger partial charge in [0.05, 0.1) is 43.4 Å². The quantitative estimate of drug-likeness (QED) is 0.0284. The van der Waals surface area contributed by atoms with Gasteiger partial charge in [-0.15, -0.1) is 34.0 Å². The summed E-state index contributed by atoms with van der Waals surface area (Å²) in [6, 6.07) is 27.9. The Hall–Kier alpha value is -3.45. The first kappa shape index (κ1) is 72.7. The molecule has 0 aliphatic carbocycles. The molecule has 0 radical (unpaired) electrons. The van der Waals surface area contributed by atoms with Gasteiger partial charge in [-0.3, -0.25) is 20.6 Å². The third-order valence-electron chi connectivity index (χ3n) is 11.3. The fraction of sp³-hybridized carbons (Fsp3) is 0.346. The topological polar surface area (TPSA) is 181 Å². The summed E-state index contributed by atoms with van der Waals surface area (Å²) in [5, 5.41) is 23.0. The molecule has 0 aromatic heterocycles. The molecule has 2 aliphatic heterocycles. The summed E-state index contributed by atoms with van der Waals surface area (Å²) in [5.41, 5.74) is 21.1. The maximum Gasteiger partial charge on any atom is 0.416 e. The second kappa shape index (κ2) is 35.6. The predicted molar refractivity (Wildman–Crippen MR) is 333 cm³/mol. The highest BCUT2D eigenvalue weighted by Crippen LogP contribution is 2.32. The molecule has 2 aliphatic rings. The average molecular weight is 1460 g/mol. The number of aliphatic imine (C=N–C) groups is 2. The predicted octanol–water partition coefficient (Wildman–Crippen LogP) is 14.5. The van der Waals surface area contributed by atoms with Crippen LogP contribution in [0.5, 0.6) is 0 Å². The lowest BCUT2D eigenvalue weighted by Crippen LogP contribution is -2.42. The summed E-state index contributed by atoms with van der Waals surface area (Å²) in [4.78, 5) is 13.5. The molecule has 0 saturated carbocycles. The van der Waals surface area contributed by atoms with Gasteiger partial charge in [0.1, 0.15) is 0 Å². The van der Waals surface area contributed by atoms with Crippen molar-refractivity contribution in [1.82, 2.24) is 20.4 Å². The minimum absolute atomic E-state index is 0. The Morgan fingerprint density at radius 3 is 1.16 bits per heavy atom. The van der Waals surface area contributed by atoms with Crippen LogP contribution in [0.4, 0.5) is 39.5 Å². The molecule has 2 heterocycles. The highest BCUT2D eigenvalue weighted by molar-refractivity contribution is 9.10. The third-order valence-corrected chi connectivity index (χ3v) is 15.8. The highest BCUT2D eigenvalue weighted by Gasteiger charge is 2.31. The van der Waals surface area contributed by atoms with Crippen molar-refractivity contribution in [3.8, 4) is 0 Å². The van der Waals surface area contributed by atoms with Crippen molar-refractivity contribution in [2.75, 3.05) is 46.3 Å². The van der Waals surface area contributed by atoms with Crippen molar-refractivity contribution in [2.45, 2.75) is 68.2 Å². The van der Waals surface area contributed by atoms with Crippen LogP contribution in [0.1, 0.15) is 63.1 Å². The number of hydrogen-bond donors (Lipinski definition) is 7. The molecule has 0 bridgehead atoms. The zero-order chi connectivity index (χ0) is 56.2. The van der Waals surface area contributed by atoms with Gasteiger partial charge in [-0.05, 0) is 125 Å². The van der Waals surface area contributed by atoms with E-state index in [0.29, 0.717) is 77.1 Å². The van der Waals surface area contributed by atoms with Gasteiger partial charge in [0.2, 0.25) is 0 Å². The first-order valence-electron chi connectivity index (χ1n) is 23.4. The van der Waals surface area contributed by atoms with Gasteiger partial charge in [0.15, 0.2) is 20.7 Å². The van der Waals surface area contributed by atoms with E-state index in [0.717, 1.165) is 95.0 Å². The fourth-order valence-electron chi connectivity index (χ4n) is 7.06. The molecule has 0 fully saturated rings. The molecule has 0 amide bonds. The maximum absolute atomic E-state index is 12.8. The van der Waals surface area contributed by atoms with Crippen LogP contribution in [-0.4, -0.2) is 76.8 Å². The van der Waals surface area contributed by atoms with Crippen LogP contribution in [0.25, 0.3) is 0 Å². The van der Waals surface area contributed by atoms with E-state index >= 15 is 0 Å². The molecular weight excluding hydrogens is 1400 g/mol. The molecule has 80 heavy (non-hydrogen) atoms. The molecule has 10 N–H and O–H groups in total. The molecular formula is C52H62Br4F9N11S4. The molecule has 11 nitrogen and oxygen atoms in total. The first-order valence-corrected chi connectivity index (χ1v) is 28.9. The van der Waals surface area contributed by atoms with Crippen LogP contribution < -0.4 is 27.8 Å². The monoisotopic (exact) mass is 1460 g/mol. The fourth-order valence-corrected chi connectivity index (χ4v) is 10.8. The summed E-state index contributed by atoms with van der Waals surface area (Å²) in [5.74, 6) is 2.78. The number of rotatable bonds is 16. The Balaban J connectivity index is 0.000000543. The first-order chi connectivity index (χ1) is 36.4. The number of halogens is 13. The summed E-state index contributed by atoms with van der Waals surface area (Å²) in [6.07, 6.45) is -11.0. The van der Waals surface area contributed by atoms with E-state index < -0.39 is 35.2 Å². The largest absolute Gasteiger partial charge is 0.416 e. The second-order valence-corrected chi connectivity index (χ2v) is 22.8. The van der Waals surface area contributed by atoms with Crippen LogP contribution in [-0.2, 0) is 60.8 Å². The average Bonchev–Trinajstić information content (AvgIpc) is 3.39. The van der Waals surface area contributed by atoms with Crippen LogP contribution in [0, 0.1) is 10.8 Å². The molecule has 5 aromatic carbocycles. The van der Waals surface area contributed by atoms with Gasteiger partial charge in [0, 0.05) is 45.0 Å². The Labute approximate surface area is 515 Å². The van der Waals surface area contributed by atoms with Crippen molar-refractivity contribution in [1.29, 1.82) is 10.8 Å². The van der Waals surface area contributed by atoms with E-state index in [-0.39, 0.29) is 51.7 Å². The minimum atomic E-state index is -4.33. The van der Waals surface area contributed by atoms with Crippen molar-refractivity contribution in [2.24, 2.45) is 27.2 Å². The van der Waals surface area contributed by atoms with E-state index in [2.05, 4.69) is 74.4 Å². The van der Waals surface area contributed by atoms with Gasteiger partial charge in [0.25, 0.3) is 0 Å². The van der Waals surface area contributed by atoms with Gasteiger partial charge >= 0.3 is 18.5 Å². The number of hydrogen-bond acceptors (Lipinski definition) is 13. The third kappa shape index (κ3) is 26.4. The summed E-state index contributed by atoms with van der Waals surface area (Å²) in [6.45, 7) is 4.08. The standard InChI is InChI=1S/C32H33BrF6N6S2.C10H13BrN4S2.C9H10F3N.CH4.2BrH/c33-28-10-5-24(16-46-29-40-18-44(19-41-29)13-11-22-1-6-26(7-2-22)31(34,35)36)25(15-28)17-47-30-42-20-45(21-43-30)14-12-23-3-8-27(9-4-23)32(37,38)39;11-8-2-1-6(4-16-9(12)13)7(3-8)5-17-10(14)15;10-9(11,12)8-3-1-7(2-4-8)5-6-13;;;/h1-10,15H,11-14,16-21H2,(H,40,41)(H,42,43);1-3H,4-5H2,(H3,12,13)(H3,14,15);1-4H,5-6,13H2;1H4;2*1H. The maximum atomic E-state index is 12.8. The van der Waals surface area contributed by atoms with E-state index in [9.17, 15) is 39.5 Å². The number of alkyl halides is 9. The van der Waals surface area contributed by atoms with Crippen molar-refractivity contribution in [3.05, 3.63) is 174 Å². The zero-order valence-electron chi connectivity index (χ0n) is 41.9. The van der Waals surface area contributed by atoms with Crippen LogP contribution >= 0.6 is 113 Å². The van der Waals surface area contributed by atoms with E-state index in [1.54, 1.807) is 23.5 Å². The minimum Gasteiger partial charge on any atom is -0.379 e. The SMILES string of the molecule is Br.Br.C.FC(F)(F)c1ccc(CCN2CN=C(SCc3ccc(Br)cc3CSC3=NCN(CCc4ccc(C(F)(F)F)cc4)CN3)NC2)cc1.N=C(N)SCc1ccc(Br)cc1CSC(=N)N.NCCc1ccc(C(F)(F)F)cc1. The van der Waals surface area contributed by atoms with E-state index in [1.165, 1.54) is 71.0 Å². The van der Waals surface area contributed by atoms with Gasteiger partial charge in [-0.2, -0.15) is 39.5 Å². The summed E-state index contributed by atoms with van der Waals surface area (Å²) < 4.78 is 115. The molecule has 0 atom stereocenters. The van der Waals surface area contributed by atoms with Crippen molar-refractivity contribution < 1.29 is 39.5 Å². The molecule has 7 rings (SSSR count). The number of nitrogens with one attached hydrogen (secondary N) is 4. The van der Waals surface area contributed by atoms with E-state index in [4.69, 9.17) is 28.0 Å². The van der Waals surface area contributed by atoms with Crippen molar-refractivity contribution in [3.63, 3.8) is 0 Å². The lowest BCUT2D eigenvalue weighted by Gasteiger charge is -2.27. The highest BCUT2D eigenvalue weighted by atomic mass is 79.9. The van der Waals surface area contributed by atoms with Crippen LogP contribution in [0.3, 0.4) is 0 Å². The van der Waals surface area contributed by atoms with Gasteiger partial charge < -0.3 is 27.8 Å². The Kier molecular flexibility index (Phi) is 32.4.